The van der Waals surface area contributed by atoms with E-state index in [1.807, 2.05) is 54.6 Å². The van der Waals surface area contributed by atoms with Gasteiger partial charge in [-0.3, -0.25) is 5.32 Å². The number of aliphatic hydroxyl groups is 1. The molecule has 3 nitrogen and oxygen atoms in total. The fraction of sp³-hybridized carbons (Fsp3) is 0.250. The molecule has 1 fully saturated rings. The lowest BCUT2D eigenvalue weighted by Gasteiger charge is -2.18. The molecule has 4 heteroatoms. The molecule has 2 aromatic rings. The fourth-order valence-corrected chi connectivity index (χ4v) is 2.51. The van der Waals surface area contributed by atoms with Crippen LogP contribution in [0.1, 0.15) is 23.5 Å². The summed E-state index contributed by atoms with van der Waals surface area (Å²) in [5.74, 6) is 0. The third-order valence-corrected chi connectivity index (χ3v) is 3.75. The van der Waals surface area contributed by atoms with Crippen molar-refractivity contribution < 1.29 is 9.84 Å². The number of hydrogen-bond acceptors (Lipinski definition) is 3. The van der Waals surface area contributed by atoms with Gasteiger partial charge in [0, 0.05) is 5.02 Å². The Labute approximate surface area is 123 Å². The van der Waals surface area contributed by atoms with Gasteiger partial charge in [0.25, 0.3) is 0 Å². The van der Waals surface area contributed by atoms with Gasteiger partial charge in [-0.05, 0) is 23.3 Å². The van der Waals surface area contributed by atoms with Crippen molar-refractivity contribution in [3.63, 3.8) is 0 Å². The minimum Gasteiger partial charge on any atom is -0.387 e. The minimum absolute atomic E-state index is 0.113. The van der Waals surface area contributed by atoms with Crippen molar-refractivity contribution in [2.75, 3.05) is 6.61 Å². The maximum absolute atomic E-state index is 10.4. The maximum atomic E-state index is 10.4. The number of nitrogens with one attached hydrogen (secondary N) is 1. The highest BCUT2D eigenvalue weighted by atomic mass is 35.5. The molecular formula is C16H16ClNO2. The van der Waals surface area contributed by atoms with Crippen LogP contribution in [0.2, 0.25) is 5.02 Å². The molecule has 0 radical (unpaired) electrons. The Morgan fingerprint density at radius 3 is 2.50 bits per heavy atom. The smallest absolute Gasteiger partial charge is 0.134 e. The highest BCUT2D eigenvalue weighted by Crippen LogP contribution is 2.27. The number of hydrogen-bond donors (Lipinski definition) is 2. The van der Waals surface area contributed by atoms with Crippen LogP contribution < -0.4 is 5.32 Å². The number of benzene rings is 2. The SMILES string of the molecule is OC(c1ccccc1)[C@@H]1CO[C@H](c2ccc(Cl)cc2)N1. The molecule has 1 unspecified atom stereocenters. The molecule has 2 aromatic carbocycles. The van der Waals surface area contributed by atoms with Gasteiger partial charge < -0.3 is 9.84 Å². The van der Waals surface area contributed by atoms with Gasteiger partial charge in [0.15, 0.2) is 0 Å². The van der Waals surface area contributed by atoms with E-state index < -0.39 is 6.10 Å². The molecule has 20 heavy (non-hydrogen) atoms. The molecule has 104 valence electrons. The van der Waals surface area contributed by atoms with E-state index >= 15 is 0 Å². The molecule has 0 amide bonds. The standard InChI is InChI=1S/C16H16ClNO2/c17-13-8-6-12(7-9-13)16-18-14(10-20-16)15(19)11-4-2-1-3-5-11/h1-9,14-16,18-19H,10H2/t14-,15?,16+/m0/s1. The second-order valence-corrected chi connectivity index (χ2v) is 5.33. The average Bonchev–Trinajstić information content (AvgIpc) is 2.98. The van der Waals surface area contributed by atoms with Crippen molar-refractivity contribution in [1.82, 2.24) is 5.32 Å². The van der Waals surface area contributed by atoms with Crippen LogP contribution in [0.15, 0.2) is 54.6 Å². The Morgan fingerprint density at radius 2 is 1.80 bits per heavy atom. The van der Waals surface area contributed by atoms with Crippen LogP contribution >= 0.6 is 11.6 Å². The summed E-state index contributed by atoms with van der Waals surface area (Å²) in [4.78, 5) is 0. The minimum atomic E-state index is -0.575. The molecule has 2 N–H and O–H groups in total. The van der Waals surface area contributed by atoms with Gasteiger partial charge in [-0.25, -0.2) is 0 Å². The number of rotatable bonds is 3. The van der Waals surface area contributed by atoms with Gasteiger partial charge in [0.2, 0.25) is 0 Å². The van der Waals surface area contributed by atoms with Crippen molar-refractivity contribution in [2.45, 2.75) is 18.4 Å². The molecule has 3 atom stereocenters. The van der Waals surface area contributed by atoms with Crippen molar-refractivity contribution in [3.05, 3.63) is 70.7 Å². The Bertz CT molecular complexity index is 558. The van der Waals surface area contributed by atoms with Crippen LogP contribution in [0.5, 0.6) is 0 Å². The zero-order valence-corrected chi connectivity index (χ0v) is 11.6. The fourth-order valence-electron chi connectivity index (χ4n) is 2.39. The van der Waals surface area contributed by atoms with Crippen LogP contribution in [0.3, 0.4) is 0 Å². The summed E-state index contributed by atoms with van der Waals surface area (Å²) >= 11 is 5.88. The zero-order chi connectivity index (χ0) is 13.9. The molecule has 1 heterocycles. The highest BCUT2D eigenvalue weighted by molar-refractivity contribution is 6.30. The molecule has 0 aliphatic carbocycles. The van der Waals surface area contributed by atoms with Gasteiger partial charge in [-0.1, -0.05) is 54.1 Å². The second-order valence-electron chi connectivity index (χ2n) is 4.89. The Hall–Kier alpha value is -1.39. The van der Waals surface area contributed by atoms with Gasteiger partial charge in [0.05, 0.1) is 18.8 Å². The zero-order valence-electron chi connectivity index (χ0n) is 10.9. The van der Waals surface area contributed by atoms with Crippen LogP contribution in [-0.2, 0) is 4.74 Å². The van der Waals surface area contributed by atoms with E-state index in [9.17, 15) is 5.11 Å². The van der Waals surface area contributed by atoms with Crippen LogP contribution in [0.4, 0.5) is 0 Å². The van der Waals surface area contributed by atoms with Gasteiger partial charge in [-0.2, -0.15) is 0 Å². The molecule has 0 saturated carbocycles. The molecule has 0 bridgehead atoms. The lowest BCUT2D eigenvalue weighted by Crippen LogP contribution is -2.32. The molecular weight excluding hydrogens is 274 g/mol. The molecule has 1 aliphatic heterocycles. The summed E-state index contributed by atoms with van der Waals surface area (Å²) in [7, 11) is 0. The first kappa shape index (κ1) is 13.6. The molecule has 0 aromatic heterocycles. The van der Waals surface area contributed by atoms with E-state index in [0.29, 0.717) is 11.6 Å². The summed E-state index contributed by atoms with van der Waals surface area (Å²) in [6, 6.07) is 17.0. The largest absolute Gasteiger partial charge is 0.387 e. The topological polar surface area (TPSA) is 41.5 Å². The molecule has 3 rings (SSSR count). The molecule has 1 saturated heterocycles. The Balaban J connectivity index is 1.69. The van der Waals surface area contributed by atoms with Crippen LogP contribution in [-0.4, -0.2) is 17.8 Å². The molecule has 1 aliphatic rings. The third kappa shape index (κ3) is 2.86. The first-order valence-corrected chi connectivity index (χ1v) is 6.98. The van der Waals surface area contributed by atoms with Crippen molar-refractivity contribution in [2.24, 2.45) is 0 Å². The summed E-state index contributed by atoms with van der Waals surface area (Å²) in [6.07, 6.45) is -0.774. The van der Waals surface area contributed by atoms with E-state index in [-0.39, 0.29) is 12.3 Å². The summed E-state index contributed by atoms with van der Waals surface area (Å²) < 4.78 is 5.72. The van der Waals surface area contributed by atoms with Crippen molar-refractivity contribution >= 4 is 11.6 Å². The van der Waals surface area contributed by atoms with E-state index in [0.717, 1.165) is 11.1 Å². The third-order valence-electron chi connectivity index (χ3n) is 3.50. The van der Waals surface area contributed by atoms with Gasteiger partial charge in [0.1, 0.15) is 6.23 Å². The summed E-state index contributed by atoms with van der Waals surface area (Å²) in [5, 5.41) is 14.4. The van der Waals surface area contributed by atoms with E-state index in [1.165, 1.54) is 0 Å². The maximum Gasteiger partial charge on any atom is 0.134 e. The van der Waals surface area contributed by atoms with Gasteiger partial charge >= 0.3 is 0 Å². The first-order chi connectivity index (χ1) is 9.74. The quantitative estimate of drug-likeness (QED) is 0.912. The van der Waals surface area contributed by atoms with Crippen LogP contribution in [0, 0.1) is 0 Å². The molecule has 0 spiro atoms. The predicted octanol–water partition coefficient (Wildman–Crippen LogP) is 3.06. The first-order valence-electron chi connectivity index (χ1n) is 6.60. The Morgan fingerprint density at radius 1 is 1.10 bits per heavy atom. The van der Waals surface area contributed by atoms with E-state index in [2.05, 4.69) is 5.32 Å². The number of aliphatic hydroxyl groups excluding tert-OH is 1. The second kappa shape index (κ2) is 5.94. The number of halogens is 1. The highest BCUT2D eigenvalue weighted by Gasteiger charge is 2.31. The number of ether oxygens (including phenoxy) is 1. The van der Waals surface area contributed by atoms with Crippen molar-refractivity contribution in [1.29, 1.82) is 0 Å². The lowest BCUT2D eigenvalue weighted by atomic mass is 10.0. The van der Waals surface area contributed by atoms with Crippen molar-refractivity contribution in [3.8, 4) is 0 Å². The normalized spacial score (nSPS) is 23.7. The monoisotopic (exact) mass is 289 g/mol. The average molecular weight is 290 g/mol. The summed E-state index contributed by atoms with van der Waals surface area (Å²) in [6.45, 7) is 0.476. The van der Waals surface area contributed by atoms with Crippen LogP contribution in [0.25, 0.3) is 0 Å². The van der Waals surface area contributed by atoms with E-state index in [1.54, 1.807) is 0 Å². The predicted molar refractivity (Wildman–Crippen MR) is 78.5 cm³/mol. The Kier molecular flexibility index (Phi) is 4.03. The van der Waals surface area contributed by atoms with E-state index in [4.69, 9.17) is 16.3 Å². The lowest BCUT2D eigenvalue weighted by molar-refractivity contribution is 0.0921. The van der Waals surface area contributed by atoms with Gasteiger partial charge in [-0.15, -0.1) is 0 Å². The summed E-state index contributed by atoms with van der Waals surface area (Å²) in [5.41, 5.74) is 1.91.